The molecular formula is C26H27FN6O2. The van der Waals surface area contributed by atoms with E-state index in [4.69, 9.17) is 14.8 Å². The van der Waals surface area contributed by atoms with Crippen molar-refractivity contribution in [1.82, 2.24) is 19.6 Å². The largest absolute Gasteiger partial charge is 0.393 e. The molecule has 0 bridgehead atoms. The maximum Gasteiger partial charge on any atom is 0.154 e. The number of halogens is 1. The number of rotatable bonds is 4. The molecule has 2 saturated heterocycles. The van der Waals surface area contributed by atoms with Crippen LogP contribution in [-0.2, 0) is 4.74 Å². The highest BCUT2D eigenvalue weighted by Crippen LogP contribution is 2.30. The Morgan fingerprint density at radius 1 is 0.971 bits per heavy atom. The molecule has 0 aliphatic carbocycles. The zero-order chi connectivity index (χ0) is 23.8. The van der Waals surface area contributed by atoms with E-state index in [1.54, 1.807) is 18.3 Å². The van der Waals surface area contributed by atoms with Crippen molar-refractivity contribution in [3.8, 4) is 11.4 Å². The van der Waals surface area contributed by atoms with Crippen molar-refractivity contribution in [2.75, 3.05) is 42.6 Å². The Kier molecular flexibility index (Phi) is 5.79. The third-order valence-corrected chi connectivity index (χ3v) is 6.79. The predicted octanol–water partition coefficient (Wildman–Crippen LogP) is 3.47. The third-order valence-electron chi connectivity index (χ3n) is 6.79. The summed E-state index contributed by atoms with van der Waals surface area (Å²) in [6.45, 7) is 3.26. The zero-order valence-electron chi connectivity index (χ0n) is 19.3. The summed E-state index contributed by atoms with van der Waals surface area (Å²) in [7, 11) is 0. The van der Waals surface area contributed by atoms with E-state index < -0.39 is 0 Å². The molecule has 0 spiro atoms. The van der Waals surface area contributed by atoms with Gasteiger partial charge in [0.1, 0.15) is 23.1 Å². The molecule has 3 aromatic heterocycles. The van der Waals surface area contributed by atoms with Gasteiger partial charge in [-0.3, -0.25) is 0 Å². The van der Waals surface area contributed by atoms with E-state index in [-0.39, 0.29) is 18.0 Å². The van der Waals surface area contributed by atoms with Gasteiger partial charge in [-0.05, 0) is 54.8 Å². The fourth-order valence-electron chi connectivity index (χ4n) is 4.90. The maximum absolute atomic E-state index is 13.9. The normalized spacial score (nSPS) is 19.4. The van der Waals surface area contributed by atoms with Gasteiger partial charge >= 0.3 is 0 Å². The van der Waals surface area contributed by atoms with E-state index in [9.17, 15) is 9.50 Å². The minimum absolute atomic E-state index is 0.132. The Bertz CT molecular complexity index is 1340. The molecule has 1 atom stereocenters. The van der Waals surface area contributed by atoms with Gasteiger partial charge in [-0.25, -0.2) is 18.9 Å². The highest BCUT2D eigenvalue weighted by Gasteiger charge is 2.27. The smallest absolute Gasteiger partial charge is 0.154 e. The summed E-state index contributed by atoms with van der Waals surface area (Å²) in [5, 5.41) is 14.8. The van der Waals surface area contributed by atoms with Gasteiger partial charge in [-0.1, -0.05) is 18.2 Å². The Balaban J connectivity index is 1.34. The fourth-order valence-corrected chi connectivity index (χ4v) is 4.90. The number of piperidine rings is 1. The van der Waals surface area contributed by atoms with Crippen LogP contribution >= 0.6 is 0 Å². The Morgan fingerprint density at radius 2 is 1.83 bits per heavy atom. The van der Waals surface area contributed by atoms with Crippen LogP contribution in [0.15, 0.2) is 60.8 Å². The molecule has 8 nitrogen and oxygen atoms in total. The molecule has 35 heavy (non-hydrogen) atoms. The van der Waals surface area contributed by atoms with Crippen LogP contribution in [0.25, 0.3) is 17.0 Å². The molecule has 0 saturated carbocycles. The zero-order valence-corrected chi connectivity index (χ0v) is 19.3. The first-order valence-electron chi connectivity index (χ1n) is 12.0. The second kappa shape index (κ2) is 9.24. The number of benzene rings is 1. The van der Waals surface area contributed by atoms with Gasteiger partial charge in [0, 0.05) is 19.6 Å². The Labute approximate surface area is 202 Å². The molecule has 2 aliphatic rings. The number of aliphatic hydroxyl groups excluding tert-OH is 1. The molecular weight excluding hydrogens is 447 g/mol. The van der Waals surface area contributed by atoms with Crippen LogP contribution < -0.4 is 9.80 Å². The number of nitrogens with zero attached hydrogens (tertiary/aromatic N) is 6. The second-order valence-electron chi connectivity index (χ2n) is 9.04. The van der Waals surface area contributed by atoms with Crippen molar-refractivity contribution >= 4 is 17.3 Å². The molecule has 0 amide bonds. The number of hydrogen-bond acceptors (Lipinski definition) is 7. The van der Waals surface area contributed by atoms with E-state index in [1.807, 2.05) is 40.9 Å². The number of fused-ring (bicyclic) bond motifs is 1. The average molecular weight is 475 g/mol. The number of anilines is 2. The first kappa shape index (κ1) is 21.9. The van der Waals surface area contributed by atoms with Gasteiger partial charge in [0.15, 0.2) is 5.65 Å². The number of pyridine rings is 1. The van der Waals surface area contributed by atoms with Crippen molar-refractivity contribution in [1.29, 1.82) is 0 Å². The lowest BCUT2D eigenvalue weighted by Gasteiger charge is -2.36. The molecule has 180 valence electrons. The van der Waals surface area contributed by atoms with Crippen LogP contribution in [0.1, 0.15) is 24.4 Å². The summed E-state index contributed by atoms with van der Waals surface area (Å²) in [5.41, 5.74) is 3.18. The number of ether oxygens (including phenoxy) is 1. The van der Waals surface area contributed by atoms with Gasteiger partial charge in [0.05, 0.1) is 37.3 Å². The van der Waals surface area contributed by atoms with Crippen LogP contribution in [0.3, 0.4) is 0 Å². The standard InChI is InChI=1S/C26H27FN6O2/c27-19-4-1-3-18(15-19)23-17-35-14-13-32(23)26-8-7-24-28-16-22(33(24)30-26)21-5-2-6-25(29-21)31-11-9-20(34)10-12-31/h1-8,15-16,20,23,34H,9-14,17H2. The molecule has 2 fully saturated rings. The number of morpholine rings is 1. The second-order valence-corrected chi connectivity index (χ2v) is 9.04. The lowest BCUT2D eigenvalue weighted by Crippen LogP contribution is -2.40. The van der Waals surface area contributed by atoms with Crippen LogP contribution in [0.5, 0.6) is 0 Å². The number of imidazole rings is 1. The molecule has 9 heteroatoms. The van der Waals surface area contributed by atoms with Crippen molar-refractivity contribution < 1.29 is 14.2 Å². The highest BCUT2D eigenvalue weighted by molar-refractivity contribution is 5.62. The molecule has 1 N–H and O–H groups in total. The first-order valence-corrected chi connectivity index (χ1v) is 12.0. The van der Waals surface area contributed by atoms with E-state index in [0.29, 0.717) is 19.8 Å². The first-order chi connectivity index (χ1) is 17.2. The Morgan fingerprint density at radius 3 is 2.69 bits per heavy atom. The van der Waals surface area contributed by atoms with Crippen LogP contribution in [0, 0.1) is 5.82 Å². The van der Waals surface area contributed by atoms with Crippen molar-refractivity contribution in [2.24, 2.45) is 0 Å². The summed E-state index contributed by atoms with van der Waals surface area (Å²) in [4.78, 5) is 13.8. The van der Waals surface area contributed by atoms with Crippen LogP contribution in [0.2, 0.25) is 0 Å². The SMILES string of the molecule is OC1CCN(c2cccc(-c3cnc4ccc(N5CCOCC5c5cccc(F)c5)nn34)n2)CC1. The maximum atomic E-state index is 13.9. The third kappa shape index (κ3) is 4.33. The number of aliphatic hydroxyl groups is 1. The van der Waals surface area contributed by atoms with E-state index >= 15 is 0 Å². The minimum Gasteiger partial charge on any atom is -0.393 e. The molecule has 6 rings (SSSR count). The monoisotopic (exact) mass is 474 g/mol. The van der Waals surface area contributed by atoms with Gasteiger partial charge < -0.3 is 19.6 Å². The van der Waals surface area contributed by atoms with Gasteiger partial charge in [0.2, 0.25) is 0 Å². The molecule has 2 aliphatic heterocycles. The van der Waals surface area contributed by atoms with Crippen LogP contribution in [-0.4, -0.2) is 63.6 Å². The summed E-state index contributed by atoms with van der Waals surface area (Å²) in [6, 6.07) is 16.4. The lowest BCUT2D eigenvalue weighted by atomic mass is 10.0. The van der Waals surface area contributed by atoms with Crippen molar-refractivity contribution in [3.63, 3.8) is 0 Å². The summed E-state index contributed by atoms with van der Waals surface area (Å²) in [6.07, 6.45) is 3.06. The summed E-state index contributed by atoms with van der Waals surface area (Å²) in [5.74, 6) is 1.40. The fraction of sp³-hybridized carbons (Fsp3) is 0.346. The van der Waals surface area contributed by atoms with Gasteiger partial charge in [-0.15, -0.1) is 5.10 Å². The van der Waals surface area contributed by atoms with Crippen molar-refractivity contribution in [3.05, 3.63) is 72.2 Å². The van der Waals surface area contributed by atoms with Gasteiger partial charge in [-0.2, -0.15) is 0 Å². The number of hydrogen-bond donors (Lipinski definition) is 1. The molecule has 1 aromatic carbocycles. The Hall–Kier alpha value is -3.56. The van der Waals surface area contributed by atoms with Crippen LogP contribution in [0.4, 0.5) is 16.0 Å². The molecule has 0 radical (unpaired) electrons. The summed E-state index contributed by atoms with van der Waals surface area (Å²) >= 11 is 0. The molecule has 4 aromatic rings. The predicted molar refractivity (Wildman–Crippen MR) is 131 cm³/mol. The number of aromatic nitrogens is 4. The molecule has 5 heterocycles. The topological polar surface area (TPSA) is 79.0 Å². The minimum atomic E-state index is -0.262. The lowest BCUT2D eigenvalue weighted by molar-refractivity contribution is 0.0935. The van der Waals surface area contributed by atoms with E-state index in [1.165, 1.54) is 6.07 Å². The van der Waals surface area contributed by atoms with E-state index in [0.717, 1.165) is 60.2 Å². The molecule has 1 unspecified atom stereocenters. The quantitative estimate of drug-likeness (QED) is 0.485. The average Bonchev–Trinajstić information content (AvgIpc) is 3.33. The summed E-state index contributed by atoms with van der Waals surface area (Å²) < 4.78 is 21.5. The van der Waals surface area contributed by atoms with Crippen molar-refractivity contribution in [2.45, 2.75) is 25.0 Å². The van der Waals surface area contributed by atoms with E-state index in [2.05, 4.69) is 14.8 Å². The van der Waals surface area contributed by atoms with Gasteiger partial charge in [0.25, 0.3) is 0 Å². The highest BCUT2D eigenvalue weighted by atomic mass is 19.1.